The van der Waals surface area contributed by atoms with Gasteiger partial charge in [-0.2, -0.15) is 0 Å². The third-order valence-electron chi connectivity index (χ3n) is 1.93. The van der Waals surface area contributed by atoms with Crippen LogP contribution in [-0.4, -0.2) is 23.0 Å². The Morgan fingerprint density at radius 1 is 1.50 bits per heavy atom. The summed E-state index contributed by atoms with van der Waals surface area (Å²) in [7, 11) is 0. The van der Waals surface area contributed by atoms with Gasteiger partial charge in [-0.25, -0.2) is 4.99 Å². The Hall–Kier alpha value is -0.900. The summed E-state index contributed by atoms with van der Waals surface area (Å²) in [6.07, 6.45) is 1.73. The van der Waals surface area contributed by atoms with Gasteiger partial charge in [0.15, 0.2) is 0 Å². The van der Waals surface area contributed by atoms with Crippen molar-refractivity contribution in [3.8, 4) is 0 Å². The molecule has 0 atom stereocenters. The molecule has 4 heteroatoms. The second kappa shape index (κ2) is 3.35. The summed E-state index contributed by atoms with van der Waals surface area (Å²) in [5.74, 6) is 0.627. The fourth-order valence-electron chi connectivity index (χ4n) is 1.25. The van der Waals surface area contributed by atoms with Gasteiger partial charge in [-0.15, -0.1) is 0 Å². The molecule has 2 rings (SSSR count). The largest absolute Gasteiger partial charge is 0.474 e. The molecule has 0 aromatic carbocycles. The molecule has 0 saturated carbocycles. The SMILES string of the molecule is CC1(C)COC(c2ncccc2Br)=N1. The lowest BCUT2D eigenvalue weighted by atomic mass is 10.1. The Bertz CT molecular complexity index is 387. The second-order valence-electron chi connectivity index (χ2n) is 3.85. The maximum Gasteiger partial charge on any atom is 0.237 e. The van der Waals surface area contributed by atoms with E-state index in [4.69, 9.17) is 4.74 Å². The normalized spacial score (nSPS) is 18.9. The number of aromatic nitrogens is 1. The molecule has 0 fully saturated rings. The molecular weight excluding hydrogens is 244 g/mol. The predicted octanol–water partition coefficient (Wildman–Crippen LogP) is 2.40. The van der Waals surface area contributed by atoms with Crippen LogP contribution in [0.2, 0.25) is 0 Å². The zero-order valence-electron chi connectivity index (χ0n) is 8.12. The molecule has 0 saturated heterocycles. The topological polar surface area (TPSA) is 34.5 Å². The minimum absolute atomic E-state index is 0.133. The van der Waals surface area contributed by atoms with Crippen molar-refractivity contribution >= 4 is 21.8 Å². The van der Waals surface area contributed by atoms with Gasteiger partial charge >= 0.3 is 0 Å². The summed E-state index contributed by atoms with van der Waals surface area (Å²) in [4.78, 5) is 8.68. The van der Waals surface area contributed by atoms with Crippen LogP contribution in [-0.2, 0) is 4.74 Å². The van der Waals surface area contributed by atoms with Gasteiger partial charge in [0.2, 0.25) is 5.90 Å². The molecule has 74 valence electrons. The molecule has 14 heavy (non-hydrogen) atoms. The first kappa shape index (κ1) is 9.65. The number of halogens is 1. The molecule has 1 aromatic rings. The van der Waals surface area contributed by atoms with Gasteiger partial charge in [0.05, 0.1) is 5.54 Å². The standard InChI is InChI=1S/C10H11BrN2O/c1-10(2)6-14-9(13-10)8-7(11)4-3-5-12-8/h3-5H,6H2,1-2H3. The van der Waals surface area contributed by atoms with E-state index in [-0.39, 0.29) is 5.54 Å². The predicted molar refractivity (Wildman–Crippen MR) is 58.5 cm³/mol. The summed E-state index contributed by atoms with van der Waals surface area (Å²) in [6, 6.07) is 3.80. The third-order valence-corrected chi connectivity index (χ3v) is 2.57. The average molecular weight is 255 g/mol. The number of rotatable bonds is 1. The maximum atomic E-state index is 5.49. The van der Waals surface area contributed by atoms with E-state index >= 15 is 0 Å². The van der Waals surface area contributed by atoms with Crippen molar-refractivity contribution in [2.75, 3.05) is 6.61 Å². The zero-order chi connectivity index (χ0) is 10.2. The van der Waals surface area contributed by atoms with Crippen molar-refractivity contribution in [1.29, 1.82) is 0 Å². The lowest BCUT2D eigenvalue weighted by molar-refractivity contribution is 0.279. The van der Waals surface area contributed by atoms with E-state index in [0.29, 0.717) is 12.5 Å². The van der Waals surface area contributed by atoms with Gasteiger partial charge in [-0.3, -0.25) is 4.98 Å². The number of ether oxygens (including phenoxy) is 1. The molecule has 0 unspecified atom stereocenters. The Kier molecular flexibility index (Phi) is 2.31. The number of hydrogen-bond acceptors (Lipinski definition) is 3. The van der Waals surface area contributed by atoms with Crippen molar-refractivity contribution < 1.29 is 4.74 Å². The highest BCUT2D eigenvalue weighted by atomic mass is 79.9. The fraction of sp³-hybridized carbons (Fsp3) is 0.400. The first-order valence-corrected chi connectivity index (χ1v) is 5.21. The van der Waals surface area contributed by atoms with Gasteiger partial charge in [-0.1, -0.05) is 0 Å². The summed E-state index contributed by atoms with van der Waals surface area (Å²) >= 11 is 3.42. The highest BCUT2D eigenvalue weighted by Crippen LogP contribution is 2.23. The first-order valence-electron chi connectivity index (χ1n) is 4.42. The quantitative estimate of drug-likeness (QED) is 0.772. The summed E-state index contributed by atoms with van der Waals surface area (Å²) in [6.45, 7) is 4.69. The lowest BCUT2D eigenvalue weighted by Gasteiger charge is -2.07. The molecule has 3 nitrogen and oxygen atoms in total. The highest BCUT2D eigenvalue weighted by Gasteiger charge is 2.28. The van der Waals surface area contributed by atoms with Crippen molar-refractivity contribution in [2.45, 2.75) is 19.4 Å². The number of pyridine rings is 1. The van der Waals surface area contributed by atoms with Gasteiger partial charge in [0, 0.05) is 10.7 Å². The molecule has 1 aromatic heterocycles. The van der Waals surface area contributed by atoms with Crippen LogP contribution < -0.4 is 0 Å². The first-order chi connectivity index (χ1) is 6.58. The molecular formula is C10H11BrN2O. The Labute approximate surface area is 91.3 Å². The van der Waals surface area contributed by atoms with Crippen molar-refractivity contribution in [1.82, 2.24) is 4.98 Å². The van der Waals surface area contributed by atoms with Gasteiger partial charge in [0.1, 0.15) is 12.3 Å². The van der Waals surface area contributed by atoms with Crippen LogP contribution >= 0.6 is 15.9 Å². The smallest absolute Gasteiger partial charge is 0.237 e. The lowest BCUT2D eigenvalue weighted by Crippen LogP contribution is -2.17. The van der Waals surface area contributed by atoms with E-state index < -0.39 is 0 Å². The van der Waals surface area contributed by atoms with E-state index in [1.807, 2.05) is 26.0 Å². The van der Waals surface area contributed by atoms with Crippen LogP contribution in [0.5, 0.6) is 0 Å². The van der Waals surface area contributed by atoms with Crippen molar-refractivity contribution in [3.63, 3.8) is 0 Å². The summed E-state index contributed by atoms with van der Waals surface area (Å²) in [5, 5.41) is 0. The maximum absolute atomic E-state index is 5.49. The third kappa shape index (κ3) is 1.80. The number of aliphatic imine (C=N–C) groups is 1. The molecule has 1 aliphatic heterocycles. The van der Waals surface area contributed by atoms with Gasteiger partial charge < -0.3 is 4.74 Å². The van der Waals surface area contributed by atoms with E-state index in [9.17, 15) is 0 Å². The van der Waals surface area contributed by atoms with Crippen LogP contribution in [0.3, 0.4) is 0 Å². The molecule has 0 N–H and O–H groups in total. The van der Waals surface area contributed by atoms with Crippen LogP contribution in [0, 0.1) is 0 Å². The summed E-state index contributed by atoms with van der Waals surface area (Å²) < 4.78 is 6.41. The number of nitrogens with zero attached hydrogens (tertiary/aromatic N) is 2. The van der Waals surface area contributed by atoms with E-state index in [1.165, 1.54) is 0 Å². The number of hydrogen-bond donors (Lipinski definition) is 0. The molecule has 0 bridgehead atoms. The Morgan fingerprint density at radius 3 is 2.86 bits per heavy atom. The Morgan fingerprint density at radius 2 is 2.29 bits per heavy atom. The molecule has 0 spiro atoms. The van der Waals surface area contributed by atoms with Crippen LogP contribution in [0.25, 0.3) is 0 Å². The summed E-state index contributed by atoms with van der Waals surface area (Å²) in [5.41, 5.74) is 0.643. The van der Waals surface area contributed by atoms with E-state index in [0.717, 1.165) is 10.2 Å². The van der Waals surface area contributed by atoms with Crippen LogP contribution in [0.1, 0.15) is 19.5 Å². The molecule has 2 heterocycles. The van der Waals surface area contributed by atoms with Gasteiger partial charge in [-0.05, 0) is 41.9 Å². The highest BCUT2D eigenvalue weighted by molar-refractivity contribution is 9.10. The Balaban J connectivity index is 2.38. The van der Waals surface area contributed by atoms with Crippen molar-refractivity contribution in [2.24, 2.45) is 4.99 Å². The van der Waals surface area contributed by atoms with E-state index in [1.54, 1.807) is 6.20 Å². The fourth-order valence-corrected chi connectivity index (χ4v) is 1.67. The molecule has 0 amide bonds. The monoisotopic (exact) mass is 254 g/mol. The minimum Gasteiger partial charge on any atom is -0.474 e. The zero-order valence-corrected chi connectivity index (χ0v) is 9.71. The molecule has 1 aliphatic rings. The van der Waals surface area contributed by atoms with E-state index in [2.05, 4.69) is 25.9 Å². The minimum atomic E-state index is -0.133. The van der Waals surface area contributed by atoms with Crippen LogP contribution in [0.4, 0.5) is 0 Å². The van der Waals surface area contributed by atoms with Crippen LogP contribution in [0.15, 0.2) is 27.8 Å². The molecule has 0 radical (unpaired) electrons. The van der Waals surface area contributed by atoms with Crippen molar-refractivity contribution in [3.05, 3.63) is 28.5 Å². The van der Waals surface area contributed by atoms with Gasteiger partial charge in [0.25, 0.3) is 0 Å². The molecule has 0 aliphatic carbocycles. The average Bonchev–Trinajstić information content (AvgIpc) is 2.47. The second-order valence-corrected chi connectivity index (χ2v) is 4.71.